The number of halogens is 1. The lowest BCUT2D eigenvalue weighted by molar-refractivity contribution is 0.377. The standard InChI is InChI=1S/C8H7NO.2C2H6.HI/c1-2-4-8-7(3-1)9-5-6-10-8;2*1-2;/h1-5H,6H2;2*1-2H3;1H. The molecule has 3 heteroatoms. The lowest BCUT2D eigenvalue weighted by Gasteiger charge is -2.09. The van der Waals surface area contributed by atoms with Crippen LogP contribution in [0, 0.1) is 0 Å². The molecule has 86 valence electrons. The summed E-state index contributed by atoms with van der Waals surface area (Å²) in [6, 6.07) is 7.75. The van der Waals surface area contributed by atoms with Crippen LogP contribution < -0.4 is 4.74 Å². The smallest absolute Gasteiger partial charge is 0.145 e. The first-order valence-electron chi connectivity index (χ1n) is 5.21. The van der Waals surface area contributed by atoms with Gasteiger partial charge in [0.25, 0.3) is 0 Å². The van der Waals surface area contributed by atoms with Crippen molar-refractivity contribution in [3.05, 3.63) is 24.3 Å². The topological polar surface area (TPSA) is 21.6 Å². The third-order valence-corrected chi connectivity index (χ3v) is 1.41. The Morgan fingerprint density at radius 3 is 2.27 bits per heavy atom. The van der Waals surface area contributed by atoms with Gasteiger partial charge in [0.15, 0.2) is 0 Å². The first kappa shape index (κ1) is 16.8. The minimum Gasteiger partial charge on any atom is -0.486 e. The number of hydrogen-bond acceptors (Lipinski definition) is 2. The van der Waals surface area contributed by atoms with Crippen molar-refractivity contribution in [1.82, 2.24) is 0 Å². The number of rotatable bonds is 0. The molecule has 0 bridgehead atoms. The van der Waals surface area contributed by atoms with E-state index in [1.807, 2.05) is 52.0 Å². The summed E-state index contributed by atoms with van der Waals surface area (Å²) in [6.07, 6.45) is 1.77. The Kier molecular flexibility index (Phi) is 12.9. The summed E-state index contributed by atoms with van der Waals surface area (Å²) < 4.78 is 5.27. The molecule has 0 N–H and O–H groups in total. The monoisotopic (exact) mass is 321 g/mol. The molecule has 0 fully saturated rings. The third-order valence-electron chi connectivity index (χ3n) is 1.41. The number of nitrogens with zero attached hydrogens (tertiary/aromatic N) is 1. The van der Waals surface area contributed by atoms with E-state index >= 15 is 0 Å². The van der Waals surface area contributed by atoms with E-state index in [4.69, 9.17) is 4.74 Å². The van der Waals surface area contributed by atoms with Gasteiger partial charge in [-0.15, -0.1) is 24.0 Å². The highest BCUT2D eigenvalue weighted by atomic mass is 127. The molecule has 2 nitrogen and oxygen atoms in total. The third kappa shape index (κ3) is 5.77. The predicted octanol–water partition coefficient (Wildman–Crippen LogP) is 4.45. The highest BCUT2D eigenvalue weighted by Crippen LogP contribution is 2.27. The molecule has 0 saturated carbocycles. The van der Waals surface area contributed by atoms with Gasteiger partial charge < -0.3 is 4.74 Å². The largest absolute Gasteiger partial charge is 0.486 e. The first-order chi connectivity index (χ1) is 6.97. The second-order valence-corrected chi connectivity index (χ2v) is 2.09. The second-order valence-electron chi connectivity index (χ2n) is 2.09. The number of fused-ring (bicyclic) bond motifs is 1. The molecule has 0 spiro atoms. The second kappa shape index (κ2) is 11.5. The van der Waals surface area contributed by atoms with Crippen LogP contribution in [0.15, 0.2) is 29.3 Å². The highest BCUT2D eigenvalue weighted by molar-refractivity contribution is 14.0. The molecule has 1 aromatic rings. The molecule has 1 aliphatic rings. The van der Waals surface area contributed by atoms with Gasteiger partial charge in [0.1, 0.15) is 18.0 Å². The van der Waals surface area contributed by atoms with Crippen molar-refractivity contribution in [3.8, 4) is 5.75 Å². The molecule has 1 aromatic carbocycles. The molecule has 1 aliphatic heterocycles. The van der Waals surface area contributed by atoms with Crippen molar-refractivity contribution >= 4 is 35.9 Å². The number of aliphatic imine (C=N–C) groups is 1. The van der Waals surface area contributed by atoms with Gasteiger partial charge in [-0.1, -0.05) is 39.8 Å². The van der Waals surface area contributed by atoms with E-state index < -0.39 is 0 Å². The Labute approximate surface area is 110 Å². The Hall–Kier alpha value is -0.580. The first-order valence-corrected chi connectivity index (χ1v) is 5.21. The van der Waals surface area contributed by atoms with Gasteiger partial charge in [0.2, 0.25) is 0 Å². The van der Waals surface area contributed by atoms with Gasteiger partial charge in [-0.2, -0.15) is 0 Å². The summed E-state index contributed by atoms with van der Waals surface area (Å²) in [7, 11) is 0. The van der Waals surface area contributed by atoms with E-state index in [1.54, 1.807) is 6.21 Å². The normalized spacial score (nSPS) is 10.1. The maximum atomic E-state index is 5.27. The van der Waals surface area contributed by atoms with Crippen LogP contribution in [0.4, 0.5) is 5.69 Å². The van der Waals surface area contributed by atoms with Crippen molar-refractivity contribution in [2.75, 3.05) is 6.61 Å². The molecular weight excluding hydrogens is 301 g/mol. The van der Waals surface area contributed by atoms with E-state index in [9.17, 15) is 0 Å². The zero-order valence-electron chi connectivity index (χ0n) is 9.86. The van der Waals surface area contributed by atoms with Gasteiger partial charge >= 0.3 is 0 Å². The van der Waals surface area contributed by atoms with Gasteiger partial charge in [-0.25, -0.2) is 0 Å². The lowest BCUT2D eigenvalue weighted by Crippen LogP contribution is -2.01. The average Bonchev–Trinajstić information content (AvgIpc) is 2.34. The van der Waals surface area contributed by atoms with Crippen molar-refractivity contribution in [2.45, 2.75) is 27.7 Å². The van der Waals surface area contributed by atoms with Crippen LogP contribution in [0.2, 0.25) is 0 Å². The van der Waals surface area contributed by atoms with Crippen LogP contribution >= 0.6 is 24.0 Å². The summed E-state index contributed by atoms with van der Waals surface area (Å²) in [5.74, 6) is 0.880. The number of hydrogen-bond donors (Lipinski definition) is 0. The fourth-order valence-electron chi connectivity index (χ4n) is 0.949. The Morgan fingerprint density at radius 2 is 1.67 bits per heavy atom. The van der Waals surface area contributed by atoms with Crippen LogP contribution in [-0.4, -0.2) is 12.8 Å². The molecule has 0 saturated heterocycles. The van der Waals surface area contributed by atoms with Crippen molar-refractivity contribution in [3.63, 3.8) is 0 Å². The van der Waals surface area contributed by atoms with E-state index in [0.717, 1.165) is 11.4 Å². The summed E-state index contributed by atoms with van der Waals surface area (Å²) in [4.78, 5) is 4.14. The molecule has 0 atom stereocenters. The Bertz CT molecular complexity index is 274. The SMILES string of the molecule is C1=Nc2ccccc2OC1.CC.CC.I. The molecule has 0 amide bonds. The Balaban J connectivity index is 0. The maximum absolute atomic E-state index is 5.27. The summed E-state index contributed by atoms with van der Waals surface area (Å²) in [6.45, 7) is 8.59. The van der Waals surface area contributed by atoms with Crippen LogP contribution in [0.1, 0.15) is 27.7 Å². The zero-order chi connectivity index (χ0) is 10.8. The van der Waals surface area contributed by atoms with Crippen molar-refractivity contribution in [2.24, 2.45) is 4.99 Å². The Morgan fingerprint density at radius 1 is 1.07 bits per heavy atom. The molecule has 0 aromatic heterocycles. The number of para-hydroxylation sites is 2. The summed E-state index contributed by atoms with van der Waals surface area (Å²) >= 11 is 0. The summed E-state index contributed by atoms with van der Waals surface area (Å²) in [5, 5.41) is 0. The van der Waals surface area contributed by atoms with E-state index in [2.05, 4.69) is 4.99 Å². The van der Waals surface area contributed by atoms with Crippen molar-refractivity contribution < 1.29 is 4.74 Å². The molecule has 0 radical (unpaired) electrons. The lowest BCUT2D eigenvalue weighted by atomic mass is 10.3. The minimum atomic E-state index is 0. The summed E-state index contributed by atoms with van der Waals surface area (Å²) in [5.41, 5.74) is 0.925. The van der Waals surface area contributed by atoms with E-state index in [0.29, 0.717) is 6.61 Å². The average molecular weight is 321 g/mol. The van der Waals surface area contributed by atoms with Crippen LogP contribution in [0.25, 0.3) is 0 Å². The zero-order valence-corrected chi connectivity index (χ0v) is 12.2. The quantitative estimate of drug-likeness (QED) is 0.647. The maximum Gasteiger partial charge on any atom is 0.145 e. The molecular formula is C12H20INO. The molecule has 1 heterocycles. The predicted molar refractivity (Wildman–Crippen MR) is 78.2 cm³/mol. The van der Waals surface area contributed by atoms with Crippen LogP contribution in [0.3, 0.4) is 0 Å². The number of benzene rings is 1. The van der Waals surface area contributed by atoms with Gasteiger partial charge in [-0.05, 0) is 12.1 Å². The molecule has 2 rings (SSSR count). The molecule has 0 unspecified atom stereocenters. The van der Waals surface area contributed by atoms with Gasteiger partial charge in [0.05, 0.1) is 0 Å². The van der Waals surface area contributed by atoms with Crippen LogP contribution in [0.5, 0.6) is 5.75 Å². The van der Waals surface area contributed by atoms with Crippen molar-refractivity contribution in [1.29, 1.82) is 0 Å². The fourth-order valence-corrected chi connectivity index (χ4v) is 0.949. The highest BCUT2D eigenvalue weighted by Gasteiger charge is 2.02. The number of ether oxygens (including phenoxy) is 1. The van der Waals surface area contributed by atoms with Crippen LogP contribution in [-0.2, 0) is 0 Å². The fraction of sp³-hybridized carbons (Fsp3) is 0.417. The molecule has 0 aliphatic carbocycles. The van der Waals surface area contributed by atoms with Gasteiger partial charge in [0, 0.05) is 6.21 Å². The van der Waals surface area contributed by atoms with Gasteiger partial charge in [-0.3, -0.25) is 4.99 Å². The van der Waals surface area contributed by atoms with E-state index in [1.165, 1.54) is 0 Å². The molecule has 15 heavy (non-hydrogen) atoms. The minimum absolute atomic E-state index is 0. The van der Waals surface area contributed by atoms with E-state index in [-0.39, 0.29) is 24.0 Å².